The fourth-order valence-electron chi connectivity index (χ4n) is 2.88. The molecule has 0 fully saturated rings. The molecular weight excluding hydrogens is 378 g/mol. The third-order valence-corrected chi connectivity index (χ3v) is 5.22. The highest BCUT2D eigenvalue weighted by Crippen LogP contribution is 2.36. The summed E-state index contributed by atoms with van der Waals surface area (Å²) in [5.41, 5.74) is 1.19. The Bertz CT molecular complexity index is 1090. The predicted molar refractivity (Wildman–Crippen MR) is 108 cm³/mol. The van der Waals surface area contributed by atoms with Gasteiger partial charge >= 0.3 is 5.97 Å². The molecule has 1 N–H and O–H groups in total. The van der Waals surface area contributed by atoms with Crippen LogP contribution in [0.15, 0.2) is 48.5 Å². The van der Waals surface area contributed by atoms with E-state index in [1.165, 1.54) is 17.4 Å². The molecule has 3 aromatic rings. The molecule has 0 unspecified atom stereocenters. The summed E-state index contributed by atoms with van der Waals surface area (Å²) in [4.78, 5) is 24.8. The molecule has 0 saturated carbocycles. The molecule has 142 valence electrons. The first-order valence-electron chi connectivity index (χ1n) is 8.73. The molecule has 0 radical (unpaired) electrons. The second-order valence-electron chi connectivity index (χ2n) is 5.96. The molecule has 0 bridgehead atoms. The standard InChI is InChI=1S/C21H17NO5S/c1-2-25-21(24)19-14-5-3-4-6-17(14)28-20(19)22-18(23)10-8-13-7-9-15-16(11-13)27-12-26-15/h3-11H,2,12H2,1H3,(H,22,23). The Balaban J connectivity index is 1.56. The van der Waals surface area contributed by atoms with Gasteiger partial charge in [0.2, 0.25) is 12.7 Å². The molecule has 0 aliphatic carbocycles. The van der Waals surface area contributed by atoms with Gasteiger partial charge in [-0.25, -0.2) is 4.79 Å². The number of hydrogen-bond acceptors (Lipinski definition) is 6. The second kappa shape index (κ2) is 7.74. The van der Waals surface area contributed by atoms with E-state index in [2.05, 4.69) is 5.32 Å². The van der Waals surface area contributed by atoms with Gasteiger partial charge < -0.3 is 19.5 Å². The lowest BCUT2D eigenvalue weighted by Gasteiger charge is -2.05. The predicted octanol–water partition coefficient (Wildman–Crippen LogP) is 4.46. The van der Waals surface area contributed by atoms with E-state index >= 15 is 0 Å². The quantitative estimate of drug-likeness (QED) is 0.510. The van der Waals surface area contributed by atoms with E-state index < -0.39 is 5.97 Å². The minimum Gasteiger partial charge on any atom is -0.462 e. The zero-order valence-electron chi connectivity index (χ0n) is 15.1. The van der Waals surface area contributed by atoms with Gasteiger partial charge in [0.15, 0.2) is 11.5 Å². The molecule has 2 heterocycles. The van der Waals surface area contributed by atoms with Crippen molar-refractivity contribution in [2.75, 3.05) is 18.7 Å². The fraction of sp³-hybridized carbons (Fsp3) is 0.143. The Morgan fingerprint density at radius 2 is 2.00 bits per heavy atom. The van der Waals surface area contributed by atoms with Crippen molar-refractivity contribution in [3.63, 3.8) is 0 Å². The molecule has 0 spiro atoms. The van der Waals surface area contributed by atoms with Crippen molar-refractivity contribution in [2.45, 2.75) is 6.92 Å². The lowest BCUT2D eigenvalue weighted by atomic mass is 10.1. The van der Waals surface area contributed by atoms with Crippen LogP contribution < -0.4 is 14.8 Å². The molecule has 0 saturated heterocycles. The summed E-state index contributed by atoms with van der Waals surface area (Å²) in [5.74, 6) is 0.549. The number of thiophene rings is 1. The topological polar surface area (TPSA) is 73.9 Å². The highest BCUT2D eigenvalue weighted by molar-refractivity contribution is 7.23. The first-order valence-corrected chi connectivity index (χ1v) is 9.54. The largest absolute Gasteiger partial charge is 0.462 e. The molecule has 1 aromatic heterocycles. The molecule has 1 aliphatic heterocycles. The van der Waals surface area contributed by atoms with Crippen LogP contribution in [0.2, 0.25) is 0 Å². The van der Waals surface area contributed by atoms with Gasteiger partial charge in [-0.05, 0) is 36.8 Å². The van der Waals surface area contributed by atoms with Gasteiger partial charge in [-0.3, -0.25) is 4.79 Å². The number of rotatable bonds is 5. The second-order valence-corrected chi connectivity index (χ2v) is 7.01. The Hall–Kier alpha value is -3.32. The number of fused-ring (bicyclic) bond motifs is 2. The van der Waals surface area contributed by atoms with Crippen LogP contribution in [0.3, 0.4) is 0 Å². The van der Waals surface area contributed by atoms with E-state index in [0.717, 1.165) is 15.6 Å². The Morgan fingerprint density at radius 1 is 1.18 bits per heavy atom. The van der Waals surface area contributed by atoms with Crippen LogP contribution in [0.4, 0.5) is 5.00 Å². The molecule has 2 aromatic carbocycles. The van der Waals surface area contributed by atoms with E-state index in [0.29, 0.717) is 22.1 Å². The first-order chi connectivity index (χ1) is 13.7. The fourth-order valence-corrected chi connectivity index (χ4v) is 3.98. The summed E-state index contributed by atoms with van der Waals surface area (Å²) in [6, 6.07) is 12.9. The van der Waals surface area contributed by atoms with Gasteiger partial charge in [0, 0.05) is 16.2 Å². The van der Waals surface area contributed by atoms with Crippen LogP contribution in [0, 0.1) is 0 Å². The number of amides is 1. The molecule has 6 nitrogen and oxygen atoms in total. The van der Waals surface area contributed by atoms with Crippen molar-refractivity contribution >= 4 is 44.4 Å². The maximum absolute atomic E-state index is 12.4. The van der Waals surface area contributed by atoms with Gasteiger partial charge in [-0.15, -0.1) is 11.3 Å². The SMILES string of the molecule is CCOC(=O)c1c(NC(=O)C=Cc2ccc3c(c2)OCO3)sc2ccccc12. The number of carbonyl (C=O) groups is 2. The van der Waals surface area contributed by atoms with Crippen molar-refractivity contribution in [1.29, 1.82) is 0 Å². The van der Waals surface area contributed by atoms with Crippen molar-refractivity contribution < 1.29 is 23.8 Å². The van der Waals surface area contributed by atoms with Crippen LogP contribution >= 0.6 is 11.3 Å². The summed E-state index contributed by atoms with van der Waals surface area (Å²) in [6.45, 7) is 2.21. The Kier molecular flexibility index (Phi) is 4.99. The van der Waals surface area contributed by atoms with E-state index in [9.17, 15) is 9.59 Å². The summed E-state index contributed by atoms with van der Waals surface area (Å²) in [6.07, 6.45) is 3.09. The minimum atomic E-state index is -0.449. The number of anilines is 1. The number of esters is 1. The average molecular weight is 395 g/mol. The van der Waals surface area contributed by atoms with Crippen LogP contribution in [0.5, 0.6) is 11.5 Å². The van der Waals surface area contributed by atoms with Gasteiger partial charge in [0.1, 0.15) is 10.6 Å². The van der Waals surface area contributed by atoms with Crippen LogP contribution in [-0.4, -0.2) is 25.3 Å². The van der Waals surface area contributed by atoms with Crippen molar-refractivity contribution in [3.05, 3.63) is 59.7 Å². The first kappa shape index (κ1) is 18.1. The molecular formula is C21H17NO5S. The zero-order chi connectivity index (χ0) is 19.5. The smallest absolute Gasteiger partial charge is 0.341 e. The lowest BCUT2D eigenvalue weighted by molar-refractivity contribution is -0.111. The highest BCUT2D eigenvalue weighted by atomic mass is 32.1. The number of nitrogens with one attached hydrogen (secondary N) is 1. The van der Waals surface area contributed by atoms with Crippen LogP contribution in [0.1, 0.15) is 22.8 Å². The van der Waals surface area contributed by atoms with Gasteiger partial charge in [-0.2, -0.15) is 0 Å². The van der Waals surface area contributed by atoms with Crippen molar-refractivity contribution in [2.24, 2.45) is 0 Å². The molecule has 4 rings (SSSR count). The van der Waals surface area contributed by atoms with E-state index in [1.807, 2.05) is 30.3 Å². The minimum absolute atomic E-state index is 0.200. The molecule has 7 heteroatoms. The number of carbonyl (C=O) groups excluding carboxylic acids is 2. The number of hydrogen-bond donors (Lipinski definition) is 1. The Labute approximate surface area is 165 Å². The maximum Gasteiger partial charge on any atom is 0.341 e. The lowest BCUT2D eigenvalue weighted by Crippen LogP contribution is -2.12. The molecule has 0 atom stereocenters. The third kappa shape index (κ3) is 3.57. The summed E-state index contributed by atoms with van der Waals surface area (Å²) in [7, 11) is 0. The van der Waals surface area contributed by atoms with Crippen LogP contribution in [-0.2, 0) is 9.53 Å². The zero-order valence-corrected chi connectivity index (χ0v) is 15.9. The summed E-state index contributed by atoms with van der Waals surface area (Å²) < 4.78 is 16.7. The monoisotopic (exact) mass is 395 g/mol. The molecule has 1 aliphatic rings. The normalized spacial score (nSPS) is 12.5. The van der Waals surface area contributed by atoms with E-state index in [-0.39, 0.29) is 19.3 Å². The van der Waals surface area contributed by atoms with Crippen molar-refractivity contribution in [1.82, 2.24) is 0 Å². The summed E-state index contributed by atoms with van der Waals surface area (Å²) in [5, 5.41) is 4.03. The number of ether oxygens (including phenoxy) is 3. The van der Waals surface area contributed by atoms with Gasteiger partial charge in [-0.1, -0.05) is 24.3 Å². The highest BCUT2D eigenvalue weighted by Gasteiger charge is 2.21. The van der Waals surface area contributed by atoms with Gasteiger partial charge in [0.05, 0.1) is 6.61 Å². The maximum atomic E-state index is 12.4. The number of benzene rings is 2. The van der Waals surface area contributed by atoms with Crippen LogP contribution in [0.25, 0.3) is 16.2 Å². The average Bonchev–Trinajstić information content (AvgIpc) is 3.30. The Morgan fingerprint density at radius 3 is 2.86 bits per heavy atom. The van der Waals surface area contributed by atoms with E-state index in [4.69, 9.17) is 14.2 Å². The van der Waals surface area contributed by atoms with E-state index in [1.54, 1.807) is 25.1 Å². The third-order valence-electron chi connectivity index (χ3n) is 4.14. The van der Waals surface area contributed by atoms with Gasteiger partial charge in [0.25, 0.3) is 0 Å². The molecule has 28 heavy (non-hydrogen) atoms. The summed E-state index contributed by atoms with van der Waals surface area (Å²) >= 11 is 1.34. The molecule has 1 amide bonds. The van der Waals surface area contributed by atoms with Crippen molar-refractivity contribution in [3.8, 4) is 11.5 Å².